The number of fused-ring (bicyclic) bond motifs is 1. The third-order valence-corrected chi connectivity index (χ3v) is 4.54. The van der Waals surface area contributed by atoms with Crippen molar-refractivity contribution in [2.24, 2.45) is 0 Å². The number of halogens is 1. The van der Waals surface area contributed by atoms with Gasteiger partial charge in [0.1, 0.15) is 6.04 Å². The molecule has 3 rings (SSSR count). The van der Waals surface area contributed by atoms with Gasteiger partial charge in [-0.15, -0.1) is 0 Å². The minimum atomic E-state index is -0.570. The number of carbonyl (C=O) groups is 2. The summed E-state index contributed by atoms with van der Waals surface area (Å²) in [5, 5.41) is 3.60. The first kappa shape index (κ1) is 16.5. The van der Waals surface area contributed by atoms with Crippen LogP contribution < -0.4 is 5.32 Å². The smallest absolute Gasteiger partial charge is 0.247 e. The van der Waals surface area contributed by atoms with Crippen molar-refractivity contribution in [3.8, 4) is 0 Å². The molecule has 0 unspecified atom stereocenters. The van der Waals surface area contributed by atoms with Crippen LogP contribution in [-0.2, 0) is 22.6 Å². The molecule has 0 bridgehead atoms. The lowest BCUT2D eigenvalue weighted by Gasteiger charge is -2.35. The summed E-state index contributed by atoms with van der Waals surface area (Å²) in [5.41, 5.74) is 2.80. The molecule has 2 amide bonds. The van der Waals surface area contributed by atoms with Crippen molar-refractivity contribution < 1.29 is 9.59 Å². The van der Waals surface area contributed by atoms with E-state index in [4.69, 9.17) is 11.6 Å². The first-order valence-electron chi connectivity index (χ1n) is 7.99. The Morgan fingerprint density at radius 1 is 1.21 bits per heavy atom. The third-order valence-electron chi connectivity index (χ3n) is 4.29. The van der Waals surface area contributed by atoms with Crippen molar-refractivity contribution in [3.63, 3.8) is 0 Å². The zero-order valence-electron chi connectivity index (χ0n) is 13.5. The van der Waals surface area contributed by atoms with Gasteiger partial charge in [0.15, 0.2) is 0 Å². The van der Waals surface area contributed by atoms with E-state index in [1.54, 1.807) is 17.0 Å². The van der Waals surface area contributed by atoms with Gasteiger partial charge in [-0.25, -0.2) is 0 Å². The number of hydrogen-bond acceptors (Lipinski definition) is 2. The van der Waals surface area contributed by atoms with Crippen LogP contribution in [0.25, 0.3) is 0 Å². The van der Waals surface area contributed by atoms with E-state index in [1.165, 1.54) is 0 Å². The van der Waals surface area contributed by atoms with Crippen molar-refractivity contribution in [3.05, 3.63) is 70.2 Å². The molecule has 0 saturated carbocycles. The first-order valence-corrected chi connectivity index (χ1v) is 8.37. The molecule has 1 aliphatic rings. The zero-order chi connectivity index (χ0) is 17.1. The Morgan fingerprint density at radius 2 is 1.92 bits per heavy atom. The minimum Gasteiger partial charge on any atom is -0.350 e. The second-order valence-corrected chi connectivity index (χ2v) is 6.24. The van der Waals surface area contributed by atoms with Crippen LogP contribution in [0.1, 0.15) is 29.7 Å². The lowest BCUT2D eigenvalue weighted by atomic mass is 9.91. The molecule has 1 N–H and O–H groups in total. The Hall–Kier alpha value is -2.33. The lowest BCUT2D eigenvalue weighted by molar-refractivity contribution is -0.141. The molecule has 1 heterocycles. The molecular weight excluding hydrogens is 324 g/mol. The molecular formula is C19H19ClN2O2. The van der Waals surface area contributed by atoms with Gasteiger partial charge in [0.25, 0.3) is 0 Å². The molecule has 24 heavy (non-hydrogen) atoms. The summed E-state index contributed by atoms with van der Waals surface area (Å²) in [7, 11) is 0. The number of likely N-dealkylation sites (N-methyl/N-ethyl adjacent to an activating group) is 1. The standard InChI is InChI=1S/C19H19ClN2O2/c1-2-22-17(23)11-14-5-3-4-6-16(14)18(22)19(24)21-12-13-7-9-15(20)10-8-13/h3-10,18H,2,11-12H2,1H3,(H,21,24)/t18-/m0/s1. The molecule has 0 saturated heterocycles. The summed E-state index contributed by atoms with van der Waals surface area (Å²) in [4.78, 5) is 26.8. The van der Waals surface area contributed by atoms with Crippen LogP contribution in [0, 0.1) is 0 Å². The van der Waals surface area contributed by atoms with Crippen LogP contribution in [0.15, 0.2) is 48.5 Å². The van der Waals surface area contributed by atoms with Gasteiger partial charge in [-0.05, 0) is 35.7 Å². The molecule has 124 valence electrons. The maximum Gasteiger partial charge on any atom is 0.247 e. The van der Waals surface area contributed by atoms with Crippen molar-refractivity contribution in [1.82, 2.24) is 10.2 Å². The number of amides is 2. The van der Waals surface area contributed by atoms with Crippen LogP contribution >= 0.6 is 11.6 Å². The van der Waals surface area contributed by atoms with Gasteiger partial charge in [0.05, 0.1) is 6.42 Å². The molecule has 0 fully saturated rings. The van der Waals surface area contributed by atoms with E-state index in [0.717, 1.165) is 16.7 Å². The average Bonchev–Trinajstić information content (AvgIpc) is 2.59. The van der Waals surface area contributed by atoms with Crippen LogP contribution in [0.3, 0.4) is 0 Å². The quantitative estimate of drug-likeness (QED) is 0.928. The molecule has 1 aliphatic heterocycles. The lowest BCUT2D eigenvalue weighted by Crippen LogP contribution is -2.47. The van der Waals surface area contributed by atoms with E-state index in [0.29, 0.717) is 24.5 Å². The SMILES string of the molecule is CCN1C(=O)Cc2ccccc2[C@H]1C(=O)NCc1ccc(Cl)cc1. The molecule has 4 nitrogen and oxygen atoms in total. The maximum atomic E-state index is 12.8. The van der Waals surface area contributed by atoms with Gasteiger partial charge in [0, 0.05) is 18.1 Å². The molecule has 1 atom stereocenters. The minimum absolute atomic E-state index is 0.0113. The highest BCUT2D eigenvalue weighted by atomic mass is 35.5. The summed E-state index contributed by atoms with van der Waals surface area (Å²) in [6.07, 6.45) is 0.352. The van der Waals surface area contributed by atoms with Crippen LogP contribution in [-0.4, -0.2) is 23.3 Å². The van der Waals surface area contributed by atoms with E-state index >= 15 is 0 Å². The Bertz CT molecular complexity index is 758. The molecule has 0 aliphatic carbocycles. The Morgan fingerprint density at radius 3 is 2.62 bits per heavy atom. The molecule has 0 aromatic heterocycles. The predicted molar refractivity (Wildman–Crippen MR) is 93.6 cm³/mol. The monoisotopic (exact) mass is 342 g/mol. The number of rotatable bonds is 4. The molecule has 5 heteroatoms. The highest BCUT2D eigenvalue weighted by molar-refractivity contribution is 6.30. The number of nitrogens with one attached hydrogen (secondary N) is 1. The van der Waals surface area contributed by atoms with Gasteiger partial charge in [-0.3, -0.25) is 9.59 Å². The van der Waals surface area contributed by atoms with Crippen molar-refractivity contribution in [1.29, 1.82) is 0 Å². The largest absolute Gasteiger partial charge is 0.350 e. The Balaban J connectivity index is 1.81. The summed E-state index contributed by atoms with van der Waals surface area (Å²) in [6, 6.07) is 14.4. The topological polar surface area (TPSA) is 49.4 Å². The summed E-state index contributed by atoms with van der Waals surface area (Å²) in [5.74, 6) is -0.171. The number of benzene rings is 2. The number of nitrogens with zero attached hydrogens (tertiary/aromatic N) is 1. The fourth-order valence-corrected chi connectivity index (χ4v) is 3.19. The average molecular weight is 343 g/mol. The Kier molecular flexibility index (Phi) is 4.86. The van der Waals surface area contributed by atoms with Crippen LogP contribution in [0.2, 0.25) is 5.02 Å². The fraction of sp³-hybridized carbons (Fsp3) is 0.263. The maximum absolute atomic E-state index is 12.8. The summed E-state index contributed by atoms with van der Waals surface area (Å²) >= 11 is 5.87. The van der Waals surface area contributed by atoms with Crippen molar-refractivity contribution in [2.75, 3.05) is 6.54 Å². The van der Waals surface area contributed by atoms with Crippen molar-refractivity contribution >= 4 is 23.4 Å². The van der Waals surface area contributed by atoms with E-state index in [-0.39, 0.29) is 11.8 Å². The van der Waals surface area contributed by atoms with E-state index in [2.05, 4.69) is 5.32 Å². The fourth-order valence-electron chi connectivity index (χ4n) is 3.07. The van der Waals surface area contributed by atoms with Gasteiger partial charge >= 0.3 is 0 Å². The van der Waals surface area contributed by atoms with Crippen LogP contribution in [0.4, 0.5) is 0 Å². The number of hydrogen-bond donors (Lipinski definition) is 1. The van der Waals surface area contributed by atoms with Crippen molar-refractivity contribution in [2.45, 2.75) is 25.9 Å². The van der Waals surface area contributed by atoms with Gasteiger partial charge in [-0.1, -0.05) is 48.0 Å². The third kappa shape index (κ3) is 3.29. The highest BCUT2D eigenvalue weighted by Gasteiger charge is 2.35. The second-order valence-electron chi connectivity index (χ2n) is 5.80. The first-order chi connectivity index (χ1) is 11.6. The van der Waals surface area contributed by atoms with Gasteiger partial charge in [-0.2, -0.15) is 0 Å². The molecule has 0 radical (unpaired) electrons. The van der Waals surface area contributed by atoms with Crippen LogP contribution in [0.5, 0.6) is 0 Å². The van der Waals surface area contributed by atoms with E-state index < -0.39 is 6.04 Å². The normalized spacial score (nSPS) is 16.7. The number of carbonyl (C=O) groups excluding carboxylic acids is 2. The zero-order valence-corrected chi connectivity index (χ0v) is 14.2. The van der Waals surface area contributed by atoms with Gasteiger partial charge < -0.3 is 10.2 Å². The molecule has 2 aromatic carbocycles. The highest BCUT2D eigenvalue weighted by Crippen LogP contribution is 2.30. The van der Waals surface area contributed by atoms with E-state index in [1.807, 2.05) is 43.3 Å². The predicted octanol–water partition coefficient (Wildman–Crippen LogP) is 3.10. The molecule has 2 aromatic rings. The van der Waals surface area contributed by atoms with Gasteiger partial charge in [0.2, 0.25) is 11.8 Å². The van der Waals surface area contributed by atoms with E-state index in [9.17, 15) is 9.59 Å². The molecule has 0 spiro atoms. The summed E-state index contributed by atoms with van der Waals surface area (Å²) < 4.78 is 0. The summed E-state index contributed by atoms with van der Waals surface area (Å²) in [6.45, 7) is 2.80. The Labute approximate surface area is 146 Å². The second kappa shape index (κ2) is 7.05.